The van der Waals surface area contributed by atoms with Crippen LogP contribution >= 0.6 is 27.5 Å². The van der Waals surface area contributed by atoms with Crippen molar-refractivity contribution in [3.63, 3.8) is 0 Å². The van der Waals surface area contributed by atoms with Gasteiger partial charge in [0.2, 0.25) is 5.95 Å². The van der Waals surface area contributed by atoms with E-state index in [9.17, 15) is 4.79 Å². The zero-order valence-electron chi connectivity index (χ0n) is 9.23. The molecule has 1 heterocycles. The predicted octanol–water partition coefficient (Wildman–Crippen LogP) is 3.28. The number of halogens is 2. The molecule has 0 unspecified atom stereocenters. The van der Waals surface area contributed by atoms with E-state index in [1.54, 1.807) is 18.2 Å². The fraction of sp³-hybridized carbons (Fsp3) is 0.0833. The van der Waals surface area contributed by atoms with Gasteiger partial charge in [0.15, 0.2) is 0 Å². The van der Waals surface area contributed by atoms with Gasteiger partial charge in [-0.25, -0.2) is 9.97 Å². The maximum Gasteiger partial charge on any atom is 0.258 e. The van der Waals surface area contributed by atoms with Gasteiger partial charge in [-0.05, 0) is 23.8 Å². The van der Waals surface area contributed by atoms with Crippen molar-refractivity contribution in [3.8, 4) is 0 Å². The summed E-state index contributed by atoms with van der Waals surface area (Å²) >= 11 is 9.05. The molecule has 0 aliphatic carbocycles. The number of hydrogen-bond donors (Lipinski definition) is 1. The van der Waals surface area contributed by atoms with Crippen molar-refractivity contribution in [2.75, 3.05) is 5.32 Å². The van der Waals surface area contributed by atoms with Crippen LogP contribution in [0.2, 0.25) is 5.15 Å². The minimum absolute atomic E-state index is 0.192. The molecule has 1 N–H and O–H groups in total. The van der Waals surface area contributed by atoms with Gasteiger partial charge in [0, 0.05) is 17.1 Å². The molecule has 4 nitrogen and oxygen atoms in total. The first-order valence-corrected chi connectivity index (χ1v) is 6.64. The van der Waals surface area contributed by atoms with Crippen LogP contribution in [0.3, 0.4) is 0 Å². The van der Waals surface area contributed by atoms with Crippen molar-refractivity contribution in [2.24, 2.45) is 0 Å². The van der Waals surface area contributed by atoms with Gasteiger partial charge in [-0.15, -0.1) is 0 Å². The molecule has 18 heavy (non-hydrogen) atoms. The number of anilines is 1. The second-order valence-corrected chi connectivity index (χ2v) is 4.44. The number of carbonyl (C=O) groups excluding carboxylic acids is 1. The van der Waals surface area contributed by atoms with E-state index in [-0.39, 0.29) is 17.0 Å². The average molecular weight is 327 g/mol. The quantitative estimate of drug-likeness (QED) is 0.695. The lowest BCUT2D eigenvalue weighted by molar-refractivity contribution is 0.102. The summed E-state index contributed by atoms with van der Waals surface area (Å²) in [6.45, 7) is 0. The largest absolute Gasteiger partial charge is 0.290 e. The Kier molecular flexibility index (Phi) is 4.28. The third kappa shape index (κ3) is 3.27. The molecule has 0 saturated heterocycles. The Hall–Kier alpha value is -1.46. The normalized spacial score (nSPS) is 10.1. The Morgan fingerprint density at radius 1 is 1.28 bits per heavy atom. The SMILES string of the molecule is O=C(Nc1nccc(Cl)n1)c1ccc(CBr)cc1. The maximum atomic E-state index is 11.9. The molecular formula is C12H9BrClN3O. The van der Waals surface area contributed by atoms with E-state index in [2.05, 4.69) is 31.2 Å². The van der Waals surface area contributed by atoms with E-state index >= 15 is 0 Å². The molecule has 1 amide bonds. The first-order valence-electron chi connectivity index (χ1n) is 5.14. The Balaban J connectivity index is 2.11. The lowest BCUT2D eigenvalue weighted by Crippen LogP contribution is -2.14. The van der Waals surface area contributed by atoms with Crippen LogP contribution in [0.5, 0.6) is 0 Å². The molecule has 0 fully saturated rings. The van der Waals surface area contributed by atoms with Crippen LogP contribution in [-0.2, 0) is 5.33 Å². The van der Waals surface area contributed by atoms with E-state index in [0.717, 1.165) is 10.9 Å². The Labute approximate surface area is 118 Å². The smallest absolute Gasteiger partial charge is 0.258 e. The molecular weight excluding hydrogens is 318 g/mol. The fourth-order valence-electron chi connectivity index (χ4n) is 1.32. The van der Waals surface area contributed by atoms with Crippen molar-refractivity contribution < 1.29 is 4.79 Å². The molecule has 6 heteroatoms. The molecule has 92 valence electrons. The Bertz CT molecular complexity index is 560. The third-order valence-electron chi connectivity index (χ3n) is 2.22. The monoisotopic (exact) mass is 325 g/mol. The summed E-state index contributed by atoms with van der Waals surface area (Å²) in [5, 5.41) is 3.62. The van der Waals surface area contributed by atoms with Crippen molar-refractivity contribution in [3.05, 3.63) is 52.8 Å². The number of hydrogen-bond acceptors (Lipinski definition) is 3. The number of alkyl halides is 1. The van der Waals surface area contributed by atoms with Gasteiger partial charge in [-0.2, -0.15) is 0 Å². The molecule has 1 aromatic heterocycles. The van der Waals surface area contributed by atoms with Crippen LogP contribution in [0.15, 0.2) is 36.5 Å². The van der Waals surface area contributed by atoms with Crippen molar-refractivity contribution in [1.82, 2.24) is 9.97 Å². The highest BCUT2D eigenvalue weighted by molar-refractivity contribution is 9.08. The molecule has 0 spiro atoms. The number of aromatic nitrogens is 2. The summed E-state index contributed by atoms with van der Waals surface area (Å²) < 4.78 is 0. The topological polar surface area (TPSA) is 54.9 Å². The van der Waals surface area contributed by atoms with E-state index in [0.29, 0.717) is 5.56 Å². The van der Waals surface area contributed by atoms with Crippen LogP contribution in [0.4, 0.5) is 5.95 Å². The van der Waals surface area contributed by atoms with Gasteiger partial charge in [-0.1, -0.05) is 39.7 Å². The molecule has 0 bridgehead atoms. The number of benzene rings is 1. The highest BCUT2D eigenvalue weighted by Gasteiger charge is 2.07. The Morgan fingerprint density at radius 2 is 2.00 bits per heavy atom. The average Bonchev–Trinajstić information content (AvgIpc) is 2.39. The van der Waals surface area contributed by atoms with Crippen molar-refractivity contribution in [2.45, 2.75) is 5.33 Å². The summed E-state index contributed by atoms with van der Waals surface area (Å²) in [7, 11) is 0. The second kappa shape index (κ2) is 5.93. The molecule has 0 aliphatic heterocycles. The lowest BCUT2D eigenvalue weighted by Gasteiger charge is -2.04. The van der Waals surface area contributed by atoms with Crippen molar-refractivity contribution >= 4 is 39.4 Å². The number of nitrogens with one attached hydrogen (secondary N) is 1. The second-order valence-electron chi connectivity index (χ2n) is 3.49. The Morgan fingerprint density at radius 3 is 2.61 bits per heavy atom. The van der Waals surface area contributed by atoms with Gasteiger partial charge in [0.1, 0.15) is 5.15 Å². The highest BCUT2D eigenvalue weighted by Crippen LogP contribution is 2.10. The first-order chi connectivity index (χ1) is 8.69. The summed E-state index contributed by atoms with van der Waals surface area (Å²) in [6, 6.07) is 8.79. The van der Waals surface area contributed by atoms with Gasteiger partial charge in [0.05, 0.1) is 0 Å². The standard InChI is InChI=1S/C12H9BrClN3O/c13-7-8-1-3-9(4-2-8)11(18)17-12-15-6-5-10(14)16-12/h1-6H,7H2,(H,15,16,17,18). The van der Waals surface area contributed by atoms with Gasteiger partial charge in [0.25, 0.3) is 5.91 Å². The van der Waals surface area contributed by atoms with Gasteiger partial charge < -0.3 is 0 Å². The summed E-state index contributed by atoms with van der Waals surface area (Å²) in [5.41, 5.74) is 1.65. The number of nitrogens with zero attached hydrogens (tertiary/aromatic N) is 2. The maximum absolute atomic E-state index is 11.9. The molecule has 1 aromatic carbocycles. The zero-order chi connectivity index (χ0) is 13.0. The first kappa shape index (κ1) is 13.0. The van der Waals surface area contributed by atoms with Crippen LogP contribution < -0.4 is 5.32 Å². The highest BCUT2D eigenvalue weighted by atomic mass is 79.9. The van der Waals surface area contributed by atoms with E-state index in [1.165, 1.54) is 6.20 Å². The summed E-state index contributed by atoms with van der Waals surface area (Å²) in [5.74, 6) is -0.0737. The van der Waals surface area contributed by atoms with Crippen LogP contribution in [0.25, 0.3) is 0 Å². The number of carbonyl (C=O) groups is 1. The van der Waals surface area contributed by atoms with Gasteiger partial charge in [-0.3, -0.25) is 10.1 Å². The lowest BCUT2D eigenvalue weighted by atomic mass is 10.1. The zero-order valence-corrected chi connectivity index (χ0v) is 11.6. The van der Waals surface area contributed by atoms with E-state index in [4.69, 9.17) is 11.6 Å². The molecule has 0 aliphatic rings. The molecule has 0 atom stereocenters. The van der Waals surface area contributed by atoms with Crippen LogP contribution in [-0.4, -0.2) is 15.9 Å². The van der Waals surface area contributed by atoms with Crippen LogP contribution in [0.1, 0.15) is 15.9 Å². The minimum atomic E-state index is -0.265. The molecule has 2 rings (SSSR count). The predicted molar refractivity (Wildman–Crippen MR) is 74.1 cm³/mol. The third-order valence-corrected chi connectivity index (χ3v) is 3.08. The summed E-state index contributed by atoms with van der Waals surface area (Å²) in [4.78, 5) is 19.7. The van der Waals surface area contributed by atoms with Crippen LogP contribution in [0, 0.1) is 0 Å². The van der Waals surface area contributed by atoms with Gasteiger partial charge >= 0.3 is 0 Å². The number of amides is 1. The minimum Gasteiger partial charge on any atom is -0.290 e. The molecule has 0 saturated carbocycles. The van der Waals surface area contributed by atoms with E-state index in [1.807, 2.05) is 12.1 Å². The molecule has 0 radical (unpaired) electrons. The fourth-order valence-corrected chi connectivity index (χ4v) is 1.83. The molecule has 2 aromatic rings. The van der Waals surface area contributed by atoms with Crippen molar-refractivity contribution in [1.29, 1.82) is 0 Å². The van der Waals surface area contributed by atoms with E-state index < -0.39 is 0 Å². The number of rotatable bonds is 3. The summed E-state index contributed by atoms with van der Waals surface area (Å²) in [6.07, 6.45) is 1.49.